The van der Waals surface area contributed by atoms with E-state index in [4.69, 9.17) is 0 Å². The van der Waals surface area contributed by atoms with Crippen molar-refractivity contribution in [2.75, 3.05) is 24.2 Å². The number of hydrogen-bond acceptors (Lipinski definition) is 5. The molecule has 4 rings (SSSR count). The highest BCUT2D eigenvalue weighted by atomic mass is 32.2. The van der Waals surface area contributed by atoms with Crippen LogP contribution < -0.4 is 5.32 Å². The average molecular weight is 428 g/mol. The first-order valence-electron chi connectivity index (χ1n) is 9.41. The number of anilines is 1. The van der Waals surface area contributed by atoms with Gasteiger partial charge in [0.25, 0.3) is 0 Å². The van der Waals surface area contributed by atoms with Crippen LogP contribution in [0.2, 0.25) is 0 Å². The maximum Gasteiger partial charge on any atom is 0.244 e. The first-order valence-corrected chi connectivity index (χ1v) is 11.8. The van der Waals surface area contributed by atoms with Crippen LogP contribution in [0.25, 0.3) is 10.8 Å². The van der Waals surface area contributed by atoms with Crippen molar-refractivity contribution in [1.82, 2.24) is 9.29 Å². The minimum atomic E-state index is -3.47. The van der Waals surface area contributed by atoms with Crippen molar-refractivity contribution in [3.63, 3.8) is 0 Å². The fourth-order valence-electron chi connectivity index (χ4n) is 3.34. The molecule has 0 atom stereocenters. The van der Waals surface area contributed by atoms with Crippen LogP contribution in [0.15, 0.2) is 70.7 Å². The first kappa shape index (κ1) is 19.9. The van der Waals surface area contributed by atoms with Gasteiger partial charge in [-0.05, 0) is 36.4 Å². The molecular formula is C21H21N3O3S2. The van der Waals surface area contributed by atoms with Gasteiger partial charge in [0.1, 0.15) is 4.90 Å². The van der Waals surface area contributed by atoms with Crippen LogP contribution >= 0.6 is 11.8 Å². The second-order valence-electron chi connectivity index (χ2n) is 6.81. The van der Waals surface area contributed by atoms with Gasteiger partial charge in [-0.25, -0.2) is 13.4 Å². The Balaban J connectivity index is 1.38. The minimum absolute atomic E-state index is 0.137. The lowest BCUT2D eigenvalue weighted by Gasteiger charge is -2.15. The van der Waals surface area contributed by atoms with Crippen molar-refractivity contribution in [3.8, 4) is 0 Å². The van der Waals surface area contributed by atoms with Crippen molar-refractivity contribution >= 4 is 44.2 Å². The summed E-state index contributed by atoms with van der Waals surface area (Å²) in [6, 6.07) is 16.9. The average Bonchev–Trinajstić information content (AvgIpc) is 3.29. The number of benzene rings is 2. The highest BCUT2D eigenvalue weighted by molar-refractivity contribution is 7.99. The number of carbonyl (C=O) groups excluding carboxylic acids is 1. The zero-order valence-electron chi connectivity index (χ0n) is 15.7. The van der Waals surface area contributed by atoms with Crippen molar-refractivity contribution in [2.45, 2.75) is 22.8 Å². The molecule has 0 unspecified atom stereocenters. The van der Waals surface area contributed by atoms with E-state index in [1.807, 2.05) is 42.5 Å². The van der Waals surface area contributed by atoms with Crippen molar-refractivity contribution in [2.24, 2.45) is 0 Å². The predicted molar refractivity (Wildman–Crippen MR) is 116 cm³/mol. The molecule has 2 aromatic carbocycles. The molecule has 3 aromatic rings. The molecule has 0 saturated carbocycles. The van der Waals surface area contributed by atoms with Crippen LogP contribution in [0.1, 0.15) is 12.8 Å². The van der Waals surface area contributed by atoms with Crippen LogP contribution in [0.3, 0.4) is 0 Å². The van der Waals surface area contributed by atoms with E-state index in [0.717, 1.165) is 29.3 Å². The Hall–Kier alpha value is -2.42. The van der Waals surface area contributed by atoms with Gasteiger partial charge in [-0.1, -0.05) is 48.2 Å². The van der Waals surface area contributed by atoms with Gasteiger partial charge in [0, 0.05) is 30.4 Å². The van der Waals surface area contributed by atoms with E-state index in [9.17, 15) is 13.2 Å². The Morgan fingerprint density at radius 1 is 1.03 bits per heavy atom. The lowest BCUT2D eigenvalue weighted by atomic mass is 10.1. The number of fused-ring (bicyclic) bond motifs is 1. The molecule has 0 aliphatic carbocycles. The van der Waals surface area contributed by atoms with E-state index in [0.29, 0.717) is 18.1 Å². The Labute approximate surface area is 174 Å². The Bertz CT molecular complexity index is 1120. The summed E-state index contributed by atoms with van der Waals surface area (Å²) in [5, 5.41) is 5.60. The molecule has 29 heavy (non-hydrogen) atoms. The number of nitrogens with zero attached hydrogens (tertiary/aromatic N) is 2. The predicted octanol–water partition coefficient (Wildman–Crippen LogP) is 3.75. The summed E-state index contributed by atoms with van der Waals surface area (Å²) in [7, 11) is -3.47. The molecule has 1 saturated heterocycles. The smallest absolute Gasteiger partial charge is 0.244 e. The standard InChI is InChI=1S/C21H21N3O3S2/c25-20(23-19-9-5-7-16-6-1-2-8-18(16)19)15-28-21-11-10-17(14-22-21)29(26,27)24-12-3-4-13-24/h1-2,5-11,14H,3-4,12-13,15H2,(H,23,25). The summed E-state index contributed by atoms with van der Waals surface area (Å²) < 4.78 is 26.6. The molecule has 0 spiro atoms. The van der Waals surface area contributed by atoms with Gasteiger partial charge in [-0.15, -0.1) is 0 Å². The SMILES string of the molecule is O=C(CSc1ccc(S(=O)(=O)N2CCCC2)cn1)Nc1cccc2ccccc12. The molecule has 1 aromatic heterocycles. The maximum absolute atomic E-state index is 12.5. The minimum Gasteiger partial charge on any atom is -0.325 e. The van der Waals surface area contributed by atoms with Crippen LogP contribution in [0.4, 0.5) is 5.69 Å². The molecule has 0 radical (unpaired) electrons. The molecule has 1 amide bonds. The highest BCUT2D eigenvalue weighted by Gasteiger charge is 2.27. The Morgan fingerprint density at radius 3 is 2.55 bits per heavy atom. The number of nitrogens with one attached hydrogen (secondary N) is 1. The Kier molecular flexibility index (Phi) is 5.84. The molecule has 1 aliphatic rings. The number of thioether (sulfide) groups is 1. The lowest BCUT2D eigenvalue weighted by Crippen LogP contribution is -2.27. The van der Waals surface area contributed by atoms with Gasteiger partial charge in [0.15, 0.2) is 0 Å². The van der Waals surface area contributed by atoms with E-state index in [1.165, 1.54) is 22.3 Å². The zero-order valence-corrected chi connectivity index (χ0v) is 17.4. The number of carbonyl (C=O) groups is 1. The van der Waals surface area contributed by atoms with Crippen LogP contribution in [0.5, 0.6) is 0 Å². The molecule has 2 heterocycles. The van der Waals surface area contributed by atoms with Gasteiger partial charge in [0.05, 0.1) is 10.8 Å². The molecule has 8 heteroatoms. The molecule has 150 valence electrons. The van der Waals surface area contributed by atoms with Crippen molar-refractivity contribution in [3.05, 3.63) is 60.8 Å². The number of pyridine rings is 1. The van der Waals surface area contributed by atoms with E-state index < -0.39 is 10.0 Å². The number of hydrogen-bond donors (Lipinski definition) is 1. The van der Waals surface area contributed by atoms with Crippen molar-refractivity contribution in [1.29, 1.82) is 0 Å². The summed E-state index contributed by atoms with van der Waals surface area (Å²) in [5.74, 6) is 0.0518. The molecule has 1 aliphatic heterocycles. The summed E-state index contributed by atoms with van der Waals surface area (Å²) >= 11 is 1.27. The third kappa shape index (κ3) is 4.44. The van der Waals surface area contributed by atoms with E-state index in [1.54, 1.807) is 12.1 Å². The zero-order chi connectivity index (χ0) is 20.3. The Morgan fingerprint density at radius 2 is 1.79 bits per heavy atom. The summed E-state index contributed by atoms with van der Waals surface area (Å²) in [4.78, 5) is 16.8. The first-order chi connectivity index (χ1) is 14.0. The second-order valence-corrected chi connectivity index (χ2v) is 9.74. The third-order valence-corrected chi connectivity index (χ3v) is 7.65. The fraction of sp³-hybridized carbons (Fsp3) is 0.238. The van der Waals surface area contributed by atoms with E-state index in [2.05, 4.69) is 10.3 Å². The maximum atomic E-state index is 12.5. The summed E-state index contributed by atoms with van der Waals surface area (Å²) in [5.41, 5.74) is 0.772. The topological polar surface area (TPSA) is 79.4 Å². The number of aromatic nitrogens is 1. The van der Waals surface area contributed by atoms with Crippen LogP contribution in [-0.4, -0.2) is 42.5 Å². The summed E-state index contributed by atoms with van der Waals surface area (Å²) in [6.45, 7) is 1.13. The third-order valence-electron chi connectivity index (χ3n) is 4.83. The number of sulfonamides is 1. The van der Waals surface area contributed by atoms with Gasteiger partial charge < -0.3 is 5.32 Å². The van der Waals surface area contributed by atoms with Crippen molar-refractivity contribution < 1.29 is 13.2 Å². The summed E-state index contributed by atoms with van der Waals surface area (Å²) in [6.07, 6.45) is 3.16. The monoisotopic (exact) mass is 427 g/mol. The quantitative estimate of drug-likeness (QED) is 0.606. The highest BCUT2D eigenvalue weighted by Crippen LogP contribution is 2.25. The van der Waals surface area contributed by atoms with Gasteiger partial charge in [0.2, 0.25) is 15.9 Å². The molecular weight excluding hydrogens is 406 g/mol. The lowest BCUT2D eigenvalue weighted by molar-refractivity contribution is -0.113. The van der Waals surface area contributed by atoms with Crippen LogP contribution in [-0.2, 0) is 14.8 Å². The molecule has 1 N–H and O–H groups in total. The molecule has 1 fully saturated rings. The molecule has 0 bridgehead atoms. The van der Waals surface area contributed by atoms with Gasteiger partial charge in [-0.2, -0.15) is 4.31 Å². The number of rotatable bonds is 6. The normalized spacial score (nSPS) is 14.9. The van der Waals surface area contributed by atoms with Gasteiger partial charge >= 0.3 is 0 Å². The largest absolute Gasteiger partial charge is 0.325 e. The van der Waals surface area contributed by atoms with E-state index in [-0.39, 0.29) is 16.6 Å². The van der Waals surface area contributed by atoms with E-state index >= 15 is 0 Å². The fourth-order valence-corrected chi connectivity index (χ4v) is 5.45. The second kappa shape index (κ2) is 8.52. The molecule has 6 nitrogen and oxygen atoms in total. The number of amides is 1. The van der Waals surface area contributed by atoms with Crippen LogP contribution in [0, 0.1) is 0 Å². The van der Waals surface area contributed by atoms with Gasteiger partial charge in [-0.3, -0.25) is 4.79 Å².